The number of benzene rings is 1. The van der Waals surface area contributed by atoms with E-state index in [1.54, 1.807) is 11.3 Å². The average Bonchev–Trinajstić information content (AvgIpc) is 2.70. The van der Waals surface area contributed by atoms with E-state index in [9.17, 15) is 0 Å². The van der Waals surface area contributed by atoms with Crippen molar-refractivity contribution in [2.45, 2.75) is 19.4 Å². The van der Waals surface area contributed by atoms with Crippen LogP contribution in [0.4, 0.5) is 0 Å². The summed E-state index contributed by atoms with van der Waals surface area (Å²) in [6.07, 6.45) is 2.32. The van der Waals surface area contributed by atoms with Crippen molar-refractivity contribution in [3.63, 3.8) is 0 Å². The normalized spacial score (nSPS) is 10.8. The number of aryl methyl sites for hydroxylation is 1. The van der Waals surface area contributed by atoms with Gasteiger partial charge in [-0.1, -0.05) is 30.3 Å². The van der Waals surface area contributed by atoms with E-state index in [1.165, 1.54) is 20.6 Å². The predicted octanol–water partition coefficient (Wildman–Crippen LogP) is 5.00. The van der Waals surface area contributed by atoms with Crippen LogP contribution in [0.15, 0.2) is 44.7 Å². The van der Waals surface area contributed by atoms with Crippen LogP contribution in [0.5, 0.6) is 0 Å². The van der Waals surface area contributed by atoms with Gasteiger partial charge in [-0.05, 0) is 62.9 Å². The molecule has 4 heteroatoms. The Morgan fingerprint density at radius 2 is 1.89 bits per heavy atom. The van der Waals surface area contributed by atoms with Crippen LogP contribution in [0.3, 0.4) is 0 Å². The minimum absolute atomic E-state index is 0.948. The van der Waals surface area contributed by atoms with Gasteiger partial charge in [-0.2, -0.15) is 0 Å². The highest BCUT2D eigenvalue weighted by molar-refractivity contribution is 9.13. The number of hydrogen-bond donors (Lipinski definition) is 1. The second-order valence-corrected chi connectivity index (χ2v) is 7.41. The summed E-state index contributed by atoms with van der Waals surface area (Å²) in [7, 11) is 0. The minimum atomic E-state index is 0.948. The van der Waals surface area contributed by atoms with Crippen LogP contribution in [0.1, 0.15) is 16.9 Å². The van der Waals surface area contributed by atoms with Gasteiger partial charge in [0.15, 0.2) is 0 Å². The standard InChI is InChI=1S/C14H15Br2NS/c15-13-9-12(18-14(13)16)10-17-8-4-7-11-5-2-1-3-6-11/h1-3,5-6,9,17H,4,7-8,10H2. The maximum atomic E-state index is 3.51. The Morgan fingerprint density at radius 3 is 2.56 bits per heavy atom. The molecular formula is C14H15Br2NS. The first-order chi connectivity index (χ1) is 8.75. The van der Waals surface area contributed by atoms with Gasteiger partial charge in [-0.3, -0.25) is 0 Å². The lowest BCUT2D eigenvalue weighted by atomic mass is 10.1. The molecule has 0 spiro atoms. The van der Waals surface area contributed by atoms with Gasteiger partial charge < -0.3 is 5.32 Å². The van der Waals surface area contributed by atoms with Gasteiger partial charge in [-0.25, -0.2) is 0 Å². The van der Waals surface area contributed by atoms with Gasteiger partial charge in [0.05, 0.1) is 3.79 Å². The van der Waals surface area contributed by atoms with Gasteiger partial charge in [-0.15, -0.1) is 11.3 Å². The van der Waals surface area contributed by atoms with Crippen LogP contribution in [-0.2, 0) is 13.0 Å². The molecule has 0 radical (unpaired) electrons. The van der Waals surface area contributed by atoms with Crippen LogP contribution >= 0.6 is 43.2 Å². The molecular weight excluding hydrogens is 374 g/mol. The van der Waals surface area contributed by atoms with Gasteiger partial charge in [0.2, 0.25) is 0 Å². The lowest BCUT2D eigenvalue weighted by Crippen LogP contribution is -2.14. The maximum Gasteiger partial charge on any atom is 0.0843 e. The van der Waals surface area contributed by atoms with Crippen LogP contribution in [0.25, 0.3) is 0 Å². The number of hydrogen-bond acceptors (Lipinski definition) is 2. The van der Waals surface area contributed by atoms with E-state index in [-0.39, 0.29) is 0 Å². The third-order valence-electron chi connectivity index (χ3n) is 2.66. The molecule has 0 atom stereocenters. The van der Waals surface area contributed by atoms with E-state index in [0.29, 0.717) is 0 Å². The molecule has 0 aliphatic heterocycles. The first-order valence-corrected chi connectivity index (χ1v) is 8.34. The third kappa shape index (κ3) is 4.50. The average molecular weight is 389 g/mol. The van der Waals surface area contributed by atoms with E-state index < -0.39 is 0 Å². The first-order valence-electron chi connectivity index (χ1n) is 5.94. The fourth-order valence-corrected chi connectivity index (χ4v) is 3.90. The molecule has 0 aliphatic rings. The highest BCUT2D eigenvalue weighted by Gasteiger charge is 2.03. The van der Waals surface area contributed by atoms with Crippen molar-refractivity contribution in [2.24, 2.45) is 0 Å². The monoisotopic (exact) mass is 387 g/mol. The summed E-state index contributed by atoms with van der Waals surface area (Å²) >= 11 is 8.79. The fraction of sp³-hybridized carbons (Fsp3) is 0.286. The zero-order valence-electron chi connectivity index (χ0n) is 9.96. The van der Waals surface area contributed by atoms with Crippen molar-refractivity contribution < 1.29 is 0 Å². The second kappa shape index (κ2) is 7.43. The molecule has 0 unspecified atom stereocenters. The SMILES string of the molecule is Brc1cc(CNCCCc2ccccc2)sc1Br. The van der Waals surface area contributed by atoms with Crippen molar-refractivity contribution in [1.29, 1.82) is 0 Å². The van der Waals surface area contributed by atoms with Crippen LogP contribution in [0.2, 0.25) is 0 Å². The van der Waals surface area contributed by atoms with E-state index in [0.717, 1.165) is 24.0 Å². The Labute approximate surface area is 129 Å². The predicted molar refractivity (Wildman–Crippen MR) is 86.2 cm³/mol. The zero-order chi connectivity index (χ0) is 12.8. The third-order valence-corrected chi connectivity index (χ3v) is 5.91. The summed E-state index contributed by atoms with van der Waals surface area (Å²) in [6, 6.07) is 12.8. The number of rotatable bonds is 6. The van der Waals surface area contributed by atoms with Gasteiger partial charge in [0.1, 0.15) is 0 Å². The summed E-state index contributed by atoms with van der Waals surface area (Å²) in [6.45, 7) is 2.01. The Balaban J connectivity index is 1.64. The molecule has 0 amide bonds. The Kier molecular flexibility index (Phi) is 5.89. The van der Waals surface area contributed by atoms with Gasteiger partial charge >= 0.3 is 0 Å². The number of thiophene rings is 1. The molecule has 0 bridgehead atoms. The molecule has 0 aliphatic carbocycles. The van der Waals surface area contributed by atoms with E-state index in [1.807, 2.05) is 0 Å². The summed E-state index contributed by atoms with van der Waals surface area (Å²) in [5.74, 6) is 0. The zero-order valence-corrected chi connectivity index (χ0v) is 13.9. The lowest BCUT2D eigenvalue weighted by molar-refractivity contribution is 0.654. The quantitative estimate of drug-likeness (QED) is 0.687. The van der Waals surface area contributed by atoms with Crippen molar-refractivity contribution in [3.8, 4) is 0 Å². The second-order valence-electron chi connectivity index (χ2n) is 4.10. The molecule has 18 heavy (non-hydrogen) atoms. The van der Waals surface area contributed by atoms with Crippen molar-refractivity contribution >= 4 is 43.2 Å². The Morgan fingerprint density at radius 1 is 1.11 bits per heavy atom. The molecule has 1 N–H and O–H groups in total. The summed E-state index contributed by atoms with van der Waals surface area (Å²) in [4.78, 5) is 1.36. The van der Waals surface area contributed by atoms with Crippen LogP contribution in [-0.4, -0.2) is 6.54 Å². The topological polar surface area (TPSA) is 12.0 Å². The minimum Gasteiger partial charge on any atom is -0.312 e. The first kappa shape index (κ1) is 14.3. The fourth-order valence-electron chi connectivity index (χ4n) is 1.75. The summed E-state index contributed by atoms with van der Waals surface area (Å²) in [5.41, 5.74) is 1.42. The van der Waals surface area contributed by atoms with E-state index >= 15 is 0 Å². The van der Waals surface area contributed by atoms with Crippen molar-refractivity contribution in [1.82, 2.24) is 5.32 Å². The molecule has 1 aromatic heterocycles. The molecule has 2 aromatic rings. The highest BCUT2D eigenvalue weighted by Crippen LogP contribution is 2.32. The Hall–Kier alpha value is -0.160. The molecule has 0 saturated carbocycles. The van der Waals surface area contributed by atoms with Crippen molar-refractivity contribution in [2.75, 3.05) is 6.54 Å². The summed E-state index contributed by atoms with van der Waals surface area (Å²) in [5, 5.41) is 3.48. The lowest BCUT2D eigenvalue weighted by Gasteiger charge is -2.03. The Bertz CT molecular complexity index is 462. The summed E-state index contributed by atoms with van der Waals surface area (Å²) < 4.78 is 2.32. The molecule has 1 aromatic carbocycles. The van der Waals surface area contributed by atoms with Crippen molar-refractivity contribution in [3.05, 3.63) is 55.1 Å². The van der Waals surface area contributed by atoms with Crippen LogP contribution in [0, 0.1) is 0 Å². The molecule has 1 nitrogen and oxygen atoms in total. The molecule has 0 saturated heterocycles. The van der Waals surface area contributed by atoms with E-state index in [4.69, 9.17) is 0 Å². The maximum absolute atomic E-state index is 3.51. The van der Waals surface area contributed by atoms with Gasteiger partial charge in [0, 0.05) is 15.9 Å². The number of halogens is 2. The molecule has 0 fully saturated rings. The van der Waals surface area contributed by atoms with Crippen LogP contribution < -0.4 is 5.32 Å². The number of nitrogens with one attached hydrogen (secondary N) is 1. The largest absolute Gasteiger partial charge is 0.312 e. The molecule has 2 rings (SSSR count). The molecule has 1 heterocycles. The highest BCUT2D eigenvalue weighted by atomic mass is 79.9. The van der Waals surface area contributed by atoms with Gasteiger partial charge in [0.25, 0.3) is 0 Å². The van der Waals surface area contributed by atoms with E-state index in [2.05, 4.69) is 73.6 Å². The molecule has 96 valence electrons. The smallest absolute Gasteiger partial charge is 0.0843 e.